The summed E-state index contributed by atoms with van der Waals surface area (Å²) >= 11 is 0. The van der Waals surface area contributed by atoms with Crippen LogP contribution >= 0.6 is 0 Å². The van der Waals surface area contributed by atoms with Crippen LogP contribution in [-0.2, 0) is 23.3 Å². The number of Topliss-reactive ketones (excluding diaryl/α,β-unsaturated/α-hetero) is 1. The zero-order valence-electron chi connectivity index (χ0n) is 20.0. The van der Waals surface area contributed by atoms with Gasteiger partial charge in [0.1, 0.15) is 23.3 Å². The number of hydrogen-bond donors (Lipinski definition) is 3. The van der Waals surface area contributed by atoms with E-state index >= 15 is 0 Å². The Kier molecular flexibility index (Phi) is 6.22. The summed E-state index contributed by atoms with van der Waals surface area (Å²) < 4.78 is 83.6. The molecule has 1 saturated carbocycles. The molecule has 3 aromatic rings. The maximum atomic E-state index is 14.4. The molecule has 1 fully saturated rings. The maximum Gasteiger partial charge on any atom is 0.293 e. The van der Waals surface area contributed by atoms with Crippen molar-refractivity contribution in [3.63, 3.8) is 0 Å². The standard InChI is InChI=1S/C23H19F6N7O3/c1-9-14(18(37)21(39)33-22(7-23(28,29)8-22)13-5-31-35-34-13)12-4-10(24)6-36(12)17(9)20(38)32-11-2-3-30-16(15(11)25)19(26)27/h2-3,5,10,19H,4,6-8H2,1H3,(H,33,39)(H,30,32,38)(H,31,34,35). The molecule has 1 aliphatic carbocycles. The van der Waals surface area contributed by atoms with Crippen molar-refractivity contribution in [2.45, 2.75) is 56.8 Å². The quantitative estimate of drug-likeness (QED) is 0.233. The van der Waals surface area contributed by atoms with E-state index in [2.05, 4.69) is 31.0 Å². The number of halogens is 6. The van der Waals surface area contributed by atoms with Crippen LogP contribution in [0.15, 0.2) is 18.5 Å². The van der Waals surface area contributed by atoms with E-state index in [0.29, 0.717) is 0 Å². The number of nitrogens with zero attached hydrogens (tertiary/aromatic N) is 4. The molecule has 1 aliphatic heterocycles. The third kappa shape index (κ3) is 4.42. The van der Waals surface area contributed by atoms with Crippen molar-refractivity contribution in [3.8, 4) is 0 Å². The number of nitrogens with one attached hydrogen (secondary N) is 3. The van der Waals surface area contributed by atoms with Gasteiger partial charge in [0.05, 0.1) is 29.5 Å². The number of ketones is 1. The summed E-state index contributed by atoms with van der Waals surface area (Å²) in [5, 5.41) is 14.0. The summed E-state index contributed by atoms with van der Waals surface area (Å²) in [7, 11) is 0. The molecular weight excluding hydrogens is 536 g/mol. The second-order valence-electron chi connectivity index (χ2n) is 9.45. The van der Waals surface area contributed by atoms with Gasteiger partial charge in [0.2, 0.25) is 0 Å². The summed E-state index contributed by atoms with van der Waals surface area (Å²) in [5.74, 6) is -8.15. The van der Waals surface area contributed by atoms with Crippen LogP contribution in [0.4, 0.5) is 32.0 Å². The summed E-state index contributed by atoms with van der Waals surface area (Å²) in [6, 6.07) is 0.942. The first-order valence-corrected chi connectivity index (χ1v) is 11.5. The number of hydrogen-bond acceptors (Lipinski definition) is 6. The lowest BCUT2D eigenvalue weighted by atomic mass is 9.71. The Morgan fingerprint density at radius 3 is 2.56 bits per heavy atom. The van der Waals surface area contributed by atoms with Crippen LogP contribution in [0.3, 0.4) is 0 Å². The average Bonchev–Trinajstić information content (AvgIpc) is 3.54. The van der Waals surface area contributed by atoms with Gasteiger partial charge in [0.15, 0.2) is 5.82 Å². The Morgan fingerprint density at radius 2 is 1.95 bits per heavy atom. The minimum absolute atomic E-state index is 0.00296. The number of H-pyrrole nitrogens is 1. The number of aromatic nitrogens is 5. The van der Waals surface area contributed by atoms with E-state index in [1.54, 1.807) is 0 Å². The smallest absolute Gasteiger partial charge is 0.293 e. The van der Waals surface area contributed by atoms with E-state index in [0.717, 1.165) is 23.0 Å². The molecule has 16 heteroatoms. The molecule has 5 rings (SSSR count). The molecule has 0 radical (unpaired) electrons. The SMILES string of the molecule is Cc1c(C(=O)C(=O)NC2(c3cn[nH]n3)CC(F)(F)C2)c2n(c1C(=O)Nc1ccnc(C(F)F)c1F)CC(F)C2. The lowest BCUT2D eigenvalue weighted by Gasteiger charge is -2.46. The van der Waals surface area contributed by atoms with Gasteiger partial charge < -0.3 is 15.2 Å². The van der Waals surface area contributed by atoms with Crippen molar-refractivity contribution < 1.29 is 40.7 Å². The fourth-order valence-electron chi connectivity index (χ4n) is 5.16. The number of pyridine rings is 1. The van der Waals surface area contributed by atoms with Gasteiger partial charge in [-0.3, -0.25) is 19.4 Å². The summed E-state index contributed by atoms with van der Waals surface area (Å²) in [5.41, 5.74) is -4.18. The monoisotopic (exact) mass is 555 g/mol. The molecular formula is C23H19F6N7O3. The van der Waals surface area contributed by atoms with E-state index in [9.17, 15) is 40.7 Å². The Labute approximate surface area is 215 Å². The van der Waals surface area contributed by atoms with Crippen LogP contribution in [0.1, 0.15) is 62.8 Å². The summed E-state index contributed by atoms with van der Waals surface area (Å²) in [6.07, 6.45) is -4.80. The number of amides is 2. The fraction of sp³-hybridized carbons (Fsp3) is 0.391. The van der Waals surface area contributed by atoms with E-state index in [4.69, 9.17) is 0 Å². The van der Waals surface area contributed by atoms with Crippen LogP contribution < -0.4 is 10.6 Å². The summed E-state index contributed by atoms with van der Waals surface area (Å²) in [4.78, 5) is 42.6. The van der Waals surface area contributed by atoms with Gasteiger partial charge in [0, 0.05) is 31.2 Å². The highest BCUT2D eigenvalue weighted by Gasteiger charge is 2.60. The Bertz CT molecular complexity index is 1480. The molecule has 3 N–H and O–H groups in total. The fourth-order valence-corrected chi connectivity index (χ4v) is 5.16. The van der Waals surface area contributed by atoms with Crippen molar-refractivity contribution in [3.05, 3.63) is 58.2 Å². The molecule has 0 aromatic carbocycles. The predicted octanol–water partition coefficient (Wildman–Crippen LogP) is 3.16. The van der Waals surface area contributed by atoms with Gasteiger partial charge in [-0.2, -0.15) is 15.4 Å². The lowest BCUT2D eigenvalue weighted by molar-refractivity contribution is -0.148. The van der Waals surface area contributed by atoms with Gasteiger partial charge in [-0.25, -0.2) is 26.3 Å². The average molecular weight is 555 g/mol. The number of aromatic amines is 1. The minimum atomic E-state index is -3.26. The molecule has 1 unspecified atom stereocenters. The molecule has 1 atom stereocenters. The lowest BCUT2D eigenvalue weighted by Crippen LogP contribution is -2.61. The molecule has 10 nitrogen and oxygen atoms in total. The molecule has 0 bridgehead atoms. The first-order valence-electron chi connectivity index (χ1n) is 11.5. The molecule has 3 aromatic heterocycles. The molecule has 39 heavy (non-hydrogen) atoms. The topological polar surface area (TPSA) is 135 Å². The van der Waals surface area contributed by atoms with Crippen molar-refractivity contribution in [2.75, 3.05) is 5.32 Å². The van der Waals surface area contributed by atoms with Gasteiger partial charge in [-0.15, -0.1) is 0 Å². The van der Waals surface area contributed by atoms with Crippen LogP contribution in [0, 0.1) is 12.7 Å². The zero-order valence-corrected chi connectivity index (χ0v) is 20.0. The number of alkyl halides is 5. The predicted molar refractivity (Wildman–Crippen MR) is 120 cm³/mol. The van der Waals surface area contributed by atoms with Crippen molar-refractivity contribution >= 4 is 23.3 Å². The Hall–Kier alpha value is -4.24. The van der Waals surface area contributed by atoms with Gasteiger partial charge in [0.25, 0.3) is 29.9 Å². The first-order chi connectivity index (χ1) is 18.3. The van der Waals surface area contributed by atoms with E-state index in [-0.39, 0.29) is 41.2 Å². The first kappa shape index (κ1) is 26.4. The zero-order chi connectivity index (χ0) is 28.3. The van der Waals surface area contributed by atoms with Crippen molar-refractivity contribution in [1.29, 1.82) is 0 Å². The number of anilines is 1. The number of fused-ring (bicyclic) bond motifs is 1. The van der Waals surface area contributed by atoms with Crippen LogP contribution in [0.5, 0.6) is 0 Å². The number of carbonyl (C=O) groups is 3. The van der Waals surface area contributed by atoms with E-state index < -0.39 is 71.7 Å². The highest BCUT2D eigenvalue weighted by molar-refractivity contribution is 6.44. The van der Waals surface area contributed by atoms with E-state index in [1.165, 1.54) is 6.92 Å². The molecule has 0 spiro atoms. The van der Waals surface area contributed by atoms with Gasteiger partial charge >= 0.3 is 0 Å². The van der Waals surface area contributed by atoms with Gasteiger partial charge in [-0.1, -0.05) is 0 Å². The molecule has 0 saturated heterocycles. The minimum Gasteiger partial charge on any atom is -0.337 e. The van der Waals surface area contributed by atoms with E-state index in [1.807, 2.05) is 0 Å². The highest BCUT2D eigenvalue weighted by atomic mass is 19.3. The van der Waals surface area contributed by atoms with Crippen LogP contribution in [0.2, 0.25) is 0 Å². The van der Waals surface area contributed by atoms with Crippen molar-refractivity contribution in [2.24, 2.45) is 0 Å². The molecule has 206 valence electrons. The number of rotatable bonds is 7. The molecule has 4 heterocycles. The second kappa shape index (κ2) is 9.20. The Morgan fingerprint density at radius 1 is 1.23 bits per heavy atom. The largest absolute Gasteiger partial charge is 0.337 e. The van der Waals surface area contributed by atoms with Crippen LogP contribution in [0.25, 0.3) is 0 Å². The molecule has 2 amide bonds. The van der Waals surface area contributed by atoms with Gasteiger partial charge in [-0.05, 0) is 18.6 Å². The third-order valence-corrected chi connectivity index (χ3v) is 6.81. The van der Waals surface area contributed by atoms with Crippen LogP contribution in [-0.4, -0.2) is 54.7 Å². The highest BCUT2D eigenvalue weighted by Crippen LogP contribution is 2.51. The normalized spacial score (nSPS) is 18.9. The summed E-state index contributed by atoms with van der Waals surface area (Å²) in [6.45, 7) is 0.927. The maximum absolute atomic E-state index is 14.4. The Balaban J connectivity index is 1.46. The third-order valence-electron chi connectivity index (χ3n) is 6.81. The van der Waals surface area contributed by atoms with Crippen molar-refractivity contribution in [1.82, 2.24) is 30.3 Å². The second-order valence-corrected chi connectivity index (χ2v) is 9.45. The molecule has 2 aliphatic rings. The number of carbonyl (C=O) groups excluding carboxylic acids is 3.